The number of halogens is 2. The molecule has 1 aromatic rings. The molecule has 0 radical (unpaired) electrons. The molecular weight excluding hydrogens is 252 g/mol. The van der Waals surface area contributed by atoms with Gasteiger partial charge in [0.25, 0.3) is 5.91 Å². The second-order valence-corrected chi connectivity index (χ2v) is 4.81. The predicted octanol–water partition coefficient (Wildman–Crippen LogP) is 2.55. The Kier molecular flexibility index (Phi) is 3.93. The monoisotopic (exact) mass is 267 g/mol. The van der Waals surface area contributed by atoms with Gasteiger partial charge < -0.3 is 4.90 Å². The average molecular weight is 267 g/mol. The number of Topliss-reactive ketones (excluding diaryl/α,β-unsaturated/α-hetero) is 1. The smallest absolute Gasteiger partial charge is 0.256 e. The molecule has 0 N–H and O–H groups in total. The minimum atomic E-state index is -0.858. The second-order valence-electron chi connectivity index (χ2n) is 4.81. The number of carbonyl (C=O) groups excluding carboxylic acids is 2. The van der Waals surface area contributed by atoms with Crippen molar-refractivity contribution >= 4 is 11.7 Å². The highest BCUT2D eigenvalue weighted by Gasteiger charge is 2.27. The maximum atomic E-state index is 13.5. The summed E-state index contributed by atoms with van der Waals surface area (Å²) in [6.45, 7) is 0. The number of hydrogen-bond acceptors (Lipinski definition) is 2. The molecule has 0 unspecified atom stereocenters. The van der Waals surface area contributed by atoms with Gasteiger partial charge in [0.2, 0.25) is 0 Å². The molecule has 0 aliphatic heterocycles. The fourth-order valence-corrected chi connectivity index (χ4v) is 2.33. The van der Waals surface area contributed by atoms with E-state index in [1.807, 2.05) is 0 Å². The Morgan fingerprint density at radius 1 is 1.26 bits per heavy atom. The number of hydrogen-bond donors (Lipinski definition) is 0. The number of carbonyl (C=O) groups is 2. The molecular formula is C14H15F2NO2. The van der Waals surface area contributed by atoms with Crippen molar-refractivity contribution in [1.82, 2.24) is 4.90 Å². The SMILES string of the molecule is CN(C(=O)c1ccc(F)cc1F)C1CCC(=O)CC1. The van der Waals surface area contributed by atoms with Crippen LogP contribution in [0.4, 0.5) is 8.78 Å². The summed E-state index contributed by atoms with van der Waals surface area (Å²) in [7, 11) is 1.59. The van der Waals surface area contributed by atoms with E-state index in [2.05, 4.69) is 0 Å². The third-order valence-corrected chi connectivity index (χ3v) is 3.54. The van der Waals surface area contributed by atoms with Crippen molar-refractivity contribution in [1.29, 1.82) is 0 Å². The zero-order chi connectivity index (χ0) is 14.0. The van der Waals surface area contributed by atoms with Crippen LogP contribution in [0, 0.1) is 11.6 Å². The van der Waals surface area contributed by atoms with Gasteiger partial charge in [0.15, 0.2) is 0 Å². The third kappa shape index (κ3) is 2.97. The van der Waals surface area contributed by atoms with E-state index in [-0.39, 0.29) is 17.4 Å². The minimum absolute atomic E-state index is 0.0605. The molecule has 1 aliphatic carbocycles. The zero-order valence-electron chi connectivity index (χ0n) is 10.7. The van der Waals surface area contributed by atoms with Gasteiger partial charge in [-0.1, -0.05) is 0 Å². The van der Waals surface area contributed by atoms with Crippen molar-refractivity contribution in [2.24, 2.45) is 0 Å². The van der Waals surface area contributed by atoms with E-state index < -0.39 is 17.5 Å². The van der Waals surface area contributed by atoms with Gasteiger partial charge in [0.1, 0.15) is 17.4 Å². The zero-order valence-corrected chi connectivity index (χ0v) is 10.7. The van der Waals surface area contributed by atoms with Crippen molar-refractivity contribution < 1.29 is 18.4 Å². The summed E-state index contributed by atoms with van der Waals surface area (Å²) in [6, 6.07) is 2.85. The lowest BCUT2D eigenvalue weighted by atomic mass is 9.93. The Labute approximate surface area is 110 Å². The Bertz CT molecular complexity index is 506. The summed E-state index contributed by atoms with van der Waals surface area (Å²) in [5, 5.41) is 0. The molecule has 5 heteroatoms. The first-order valence-corrected chi connectivity index (χ1v) is 6.23. The summed E-state index contributed by atoms with van der Waals surface area (Å²) in [4.78, 5) is 24.7. The molecule has 0 spiro atoms. The Morgan fingerprint density at radius 3 is 2.47 bits per heavy atom. The molecule has 1 saturated carbocycles. The number of ketones is 1. The van der Waals surface area contributed by atoms with Gasteiger partial charge in [-0.25, -0.2) is 8.78 Å². The van der Waals surface area contributed by atoms with E-state index in [9.17, 15) is 18.4 Å². The van der Waals surface area contributed by atoms with Gasteiger partial charge in [-0.3, -0.25) is 9.59 Å². The lowest BCUT2D eigenvalue weighted by molar-refractivity contribution is -0.121. The van der Waals surface area contributed by atoms with Crippen LogP contribution in [0.25, 0.3) is 0 Å². The van der Waals surface area contributed by atoms with Crippen LogP contribution in [0.3, 0.4) is 0 Å². The lowest BCUT2D eigenvalue weighted by Crippen LogP contribution is -2.39. The van der Waals surface area contributed by atoms with E-state index in [1.165, 1.54) is 4.90 Å². The van der Waals surface area contributed by atoms with E-state index in [4.69, 9.17) is 0 Å². The van der Waals surface area contributed by atoms with Crippen molar-refractivity contribution in [3.05, 3.63) is 35.4 Å². The Balaban J connectivity index is 2.12. The second kappa shape index (κ2) is 5.47. The predicted molar refractivity (Wildman–Crippen MR) is 65.7 cm³/mol. The number of amides is 1. The van der Waals surface area contributed by atoms with Crippen LogP contribution in [0.15, 0.2) is 18.2 Å². The Hall–Kier alpha value is -1.78. The molecule has 0 atom stereocenters. The van der Waals surface area contributed by atoms with Crippen LogP contribution in [0.5, 0.6) is 0 Å². The van der Waals surface area contributed by atoms with E-state index in [1.54, 1.807) is 7.05 Å². The van der Waals surface area contributed by atoms with Gasteiger partial charge in [0.05, 0.1) is 5.56 Å². The molecule has 102 valence electrons. The highest BCUT2D eigenvalue weighted by atomic mass is 19.1. The normalized spacial score (nSPS) is 16.5. The van der Waals surface area contributed by atoms with Crippen LogP contribution in [-0.4, -0.2) is 29.7 Å². The molecule has 0 bridgehead atoms. The van der Waals surface area contributed by atoms with Crippen molar-refractivity contribution in [2.75, 3.05) is 7.05 Å². The molecule has 19 heavy (non-hydrogen) atoms. The largest absolute Gasteiger partial charge is 0.339 e. The summed E-state index contributed by atoms with van der Waals surface area (Å²) in [5.41, 5.74) is -0.138. The third-order valence-electron chi connectivity index (χ3n) is 3.54. The highest BCUT2D eigenvalue weighted by Crippen LogP contribution is 2.22. The summed E-state index contributed by atoms with van der Waals surface area (Å²) in [6.07, 6.45) is 2.11. The molecule has 1 aromatic carbocycles. The van der Waals surface area contributed by atoms with E-state index >= 15 is 0 Å². The maximum Gasteiger partial charge on any atom is 0.256 e. The van der Waals surface area contributed by atoms with Crippen molar-refractivity contribution in [3.63, 3.8) is 0 Å². The molecule has 0 heterocycles. The topological polar surface area (TPSA) is 37.4 Å². The molecule has 1 amide bonds. The van der Waals surface area contributed by atoms with Crippen LogP contribution in [-0.2, 0) is 4.79 Å². The number of nitrogens with zero attached hydrogens (tertiary/aromatic N) is 1. The van der Waals surface area contributed by atoms with Crippen LogP contribution >= 0.6 is 0 Å². The van der Waals surface area contributed by atoms with Gasteiger partial charge in [-0.05, 0) is 25.0 Å². The molecule has 0 aromatic heterocycles. The minimum Gasteiger partial charge on any atom is -0.339 e. The number of benzene rings is 1. The first-order valence-electron chi connectivity index (χ1n) is 6.23. The van der Waals surface area contributed by atoms with Crippen LogP contribution in [0.2, 0.25) is 0 Å². The van der Waals surface area contributed by atoms with Gasteiger partial charge in [-0.2, -0.15) is 0 Å². The standard InChI is InChI=1S/C14H15F2NO2/c1-17(10-3-5-11(18)6-4-10)14(19)12-7-2-9(15)8-13(12)16/h2,7-8,10H,3-6H2,1H3. The highest BCUT2D eigenvalue weighted by molar-refractivity contribution is 5.94. The first-order chi connectivity index (χ1) is 8.99. The molecule has 2 rings (SSSR count). The van der Waals surface area contributed by atoms with Crippen molar-refractivity contribution in [3.8, 4) is 0 Å². The molecule has 1 aliphatic rings. The van der Waals surface area contributed by atoms with Gasteiger partial charge >= 0.3 is 0 Å². The molecule has 3 nitrogen and oxygen atoms in total. The maximum absolute atomic E-state index is 13.5. The van der Waals surface area contributed by atoms with Crippen LogP contribution in [0.1, 0.15) is 36.0 Å². The summed E-state index contributed by atoms with van der Waals surface area (Å²) >= 11 is 0. The first kappa shape index (κ1) is 13.6. The fraction of sp³-hybridized carbons (Fsp3) is 0.429. The average Bonchev–Trinajstić information content (AvgIpc) is 2.38. The van der Waals surface area contributed by atoms with E-state index in [0.29, 0.717) is 31.7 Å². The van der Waals surface area contributed by atoms with Crippen molar-refractivity contribution in [2.45, 2.75) is 31.7 Å². The fourth-order valence-electron chi connectivity index (χ4n) is 2.33. The molecule has 1 fully saturated rings. The van der Waals surface area contributed by atoms with E-state index in [0.717, 1.165) is 12.1 Å². The quantitative estimate of drug-likeness (QED) is 0.825. The Morgan fingerprint density at radius 2 is 1.89 bits per heavy atom. The molecule has 0 saturated heterocycles. The van der Waals surface area contributed by atoms with Gasteiger partial charge in [0, 0.05) is 32.0 Å². The number of rotatable bonds is 2. The summed E-state index contributed by atoms with van der Waals surface area (Å²) in [5.74, 6) is -1.84. The van der Waals surface area contributed by atoms with Crippen LogP contribution < -0.4 is 0 Å². The lowest BCUT2D eigenvalue weighted by Gasteiger charge is -2.30. The van der Waals surface area contributed by atoms with Gasteiger partial charge in [-0.15, -0.1) is 0 Å². The summed E-state index contributed by atoms with van der Waals surface area (Å²) < 4.78 is 26.4.